The van der Waals surface area contributed by atoms with Gasteiger partial charge in [-0.05, 0) is 48.6 Å². The summed E-state index contributed by atoms with van der Waals surface area (Å²) in [6.07, 6.45) is 3.59. The molecule has 2 heterocycles. The first-order chi connectivity index (χ1) is 16.8. The Morgan fingerprint density at radius 3 is 2.57 bits per heavy atom. The number of nitrogen functional groups attached to an aromatic ring is 1. The standard InChI is InChI=1S/C26H25N7O2/c1-15-6-3-4-9-20(15)33-18(12-17-8-5-7-16(2)22(17)26(33)35)13-30-25-23(24(29)31-14-32-25)19(27)10-11-21(28)34/h3-12,14,27H,13H2,1-2H3,(H2,28,34)(H3,29,30,31,32)/b11-10+,27-19?. The number of anilines is 2. The molecule has 1 amide bonds. The highest BCUT2D eigenvalue weighted by atomic mass is 16.1. The van der Waals surface area contributed by atoms with E-state index in [9.17, 15) is 9.59 Å². The highest BCUT2D eigenvalue weighted by Crippen LogP contribution is 2.23. The third-order valence-electron chi connectivity index (χ3n) is 5.68. The van der Waals surface area contributed by atoms with Crippen LogP contribution in [0.5, 0.6) is 0 Å². The molecule has 35 heavy (non-hydrogen) atoms. The molecule has 9 heteroatoms. The number of aromatic nitrogens is 3. The van der Waals surface area contributed by atoms with E-state index in [0.29, 0.717) is 16.9 Å². The highest BCUT2D eigenvalue weighted by molar-refractivity contribution is 6.14. The zero-order valence-corrected chi connectivity index (χ0v) is 19.4. The average Bonchev–Trinajstić information content (AvgIpc) is 2.82. The van der Waals surface area contributed by atoms with Crippen LogP contribution in [0.4, 0.5) is 11.6 Å². The Hall–Kier alpha value is -4.79. The summed E-state index contributed by atoms with van der Waals surface area (Å²) in [4.78, 5) is 33.0. The molecule has 0 unspecified atom stereocenters. The molecule has 0 saturated carbocycles. The number of aryl methyl sites for hydroxylation is 2. The number of fused-ring (bicyclic) bond motifs is 1. The first-order valence-corrected chi connectivity index (χ1v) is 10.9. The zero-order chi connectivity index (χ0) is 25.1. The molecule has 4 rings (SSSR count). The van der Waals surface area contributed by atoms with Crippen molar-refractivity contribution in [2.75, 3.05) is 11.1 Å². The van der Waals surface area contributed by atoms with Crippen LogP contribution >= 0.6 is 0 Å². The van der Waals surface area contributed by atoms with E-state index in [1.807, 2.05) is 62.4 Å². The third kappa shape index (κ3) is 4.65. The molecule has 0 aliphatic carbocycles. The number of carbonyl (C=O) groups excluding carboxylic acids is 1. The van der Waals surface area contributed by atoms with Gasteiger partial charge in [0.1, 0.15) is 18.0 Å². The van der Waals surface area contributed by atoms with Crippen LogP contribution in [0, 0.1) is 19.3 Å². The molecule has 0 spiro atoms. The molecule has 0 aliphatic heterocycles. The number of benzene rings is 2. The molecule has 2 aromatic heterocycles. The second kappa shape index (κ2) is 9.60. The highest BCUT2D eigenvalue weighted by Gasteiger charge is 2.17. The quantitative estimate of drug-likeness (QED) is 0.242. The lowest BCUT2D eigenvalue weighted by Crippen LogP contribution is -2.25. The van der Waals surface area contributed by atoms with Crippen molar-refractivity contribution in [3.8, 4) is 5.69 Å². The minimum absolute atomic E-state index is 0.0742. The topological polar surface area (TPSA) is 153 Å². The monoisotopic (exact) mass is 467 g/mol. The van der Waals surface area contributed by atoms with Crippen LogP contribution in [0.25, 0.3) is 16.5 Å². The van der Waals surface area contributed by atoms with E-state index >= 15 is 0 Å². The van der Waals surface area contributed by atoms with Gasteiger partial charge >= 0.3 is 0 Å². The third-order valence-corrected chi connectivity index (χ3v) is 5.68. The Morgan fingerprint density at radius 1 is 1.09 bits per heavy atom. The Morgan fingerprint density at radius 2 is 1.83 bits per heavy atom. The lowest BCUT2D eigenvalue weighted by atomic mass is 10.1. The van der Waals surface area contributed by atoms with Crippen LogP contribution in [0.3, 0.4) is 0 Å². The molecule has 6 N–H and O–H groups in total. The normalized spacial score (nSPS) is 11.1. The van der Waals surface area contributed by atoms with Crippen molar-refractivity contribution in [3.05, 3.63) is 99.7 Å². The smallest absolute Gasteiger partial charge is 0.263 e. The molecule has 0 aliphatic rings. The number of para-hydroxylation sites is 1. The zero-order valence-electron chi connectivity index (χ0n) is 19.4. The van der Waals surface area contributed by atoms with Crippen LogP contribution in [-0.4, -0.2) is 26.2 Å². The van der Waals surface area contributed by atoms with E-state index in [0.717, 1.165) is 28.3 Å². The second-order valence-corrected chi connectivity index (χ2v) is 8.09. The van der Waals surface area contributed by atoms with Gasteiger partial charge in [0.05, 0.1) is 28.9 Å². The Balaban J connectivity index is 1.83. The molecule has 9 nitrogen and oxygen atoms in total. The van der Waals surface area contributed by atoms with Gasteiger partial charge in [0, 0.05) is 11.8 Å². The van der Waals surface area contributed by atoms with Gasteiger partial charge in [-0.3, -0.25) is 19.6 Å². The SMILES string of the molecule is Cc1ccccc1-n1c(CNc2ncnc(N)c2C(=N)/C=C/C(N)=O)cc2cccc(C)c2c1=O. The van der Waals surface area contributed by atoms with E-state index in [2.05, 4.69) is 15.3 Å². The Labute approximate surface area is 201 Å². The number of amides is 1. The van der Waals surface area contributed by atoms with Gasteiger partial charge < -0.3 is 16.8 Å². The van der Waals surface area contributed by atoms with Gasteiger partial charge in [0.25, 0.3) is 5.56 Å². The van der Waals surface area contributed by atoms with Crippen LogP contribution in [0.2, 0.25) is 0 Å². The number of allylic oxidation sites excluding steroid dienone is 1. The molecule has 2 aromatic carbocycles. The van der Waals surface area contributed by atoms with Gasteiger partial charge in [-0.15, -0.1) is 0 Å². The van der Waals surface area contributed by atoms with Crippen molar-refractivity contribution in [3.63, 3.8) is 0 Å². The second-order valence-electron chi connectivity index (χ2n) is 8.09. The largest absolute Gasteiger partial charge is 0.383 e. The number of nitrogens with one attached hydrogen (secondary N) is 2. The minimum atomic E-state index is -0.687. The average molecular weight is 468 g/mol. The van der Waals surface area contributed by atoms with Gasteiger partial charge in [0.2, 0.25) is 5.91 Å². The molecular formula is C26H25N7O2. The van der Waals surface area contributed by atoms with Crippen molar-refractivity contribution in [1.82, 2.24) is 14.5 Å². The Kier molecular flexibility index (Phi) is 6.41. The molecule has 0 atom stereocenters. The number of nitrogens with zero attached hydrogens (tertiary/aromatic N) is 3. The van der Waals surface area contributed by atoms with E-state index in [-0.39, 0.29) is 29.2 Å². The molecule has 0 saturated heterocycles. The lowest BCUT2D eigenvalue weighted by molar-refractivity contribution is -0.113. The molecule has 4 aromatic rings. The maximum absolute atomic E-state index is 13.7. The maximum Gasteiger partial charge on any atom is 0.263 e. The summed E-state index contributed by atoms with van der Waals surface area (Å²) < 4.78 is 1.69. The van der Waals surface area contributed by atoms with Crippen LogP contribution in [0.15, 0.2) is 71.8 Å². The van der Waals surface area contributed by atoms with Crippen molar-refractivity contribution >= 4 is 34.0 Å². The number of carbonyl (C=O) groups is 1. The van der Waals surface area contributed by atoms with E-state index in [4.69, 9.17) is 16.9 Å². The summed E-state index contributed by atoms with van der Waals surface area (Å²) in [5.41, 5.74) is 14.5. The fourth-order valence-corrected chi connectivity index (χ4v) is 4.02. The number of pyridine rings is 1. The fraction of sp³-hybridized carbons (Fsp3) is 0.115. The van der Waals surface area contributed by atoms with Gasteiger partial charge in [0.15, 0.2) is 0 Å². The lowest BCUT2D eigenvalue weighted by Gasteiger charge is -2.19. The first kappa shape index (κ1) is 23.4. The molecular weight excluding hydrogens is 442 g/mol. The van der Waals surface area contributed by atoms with Crippen molar-refractivity contribution in [1.29, 1.82) is 5.41 Å². The van der Waals surface area contributed by atoms with Gasteiger partial charge in [-0.1, -0.05) is 36.4 Å². The number of hydrogen-bond acceptors (Lipinski definition) is 7. The van der Waals surface area contributed by atoms with Crippen molar-refractivity contribution in [2.24, 2.45) is 5.73 Å². The number of rotatable bonds is 7. The fourth-order valence-electron chi connectivity index (χ4n) is 4.02. The Bertz CT molecular complexity index is 1550. The van der Waals surface area contributed by atoms with Crippen molar-refractivity contribution < 1.29 is 4.79 Å². The van der Waals surface area contributed by atoms with Gasteiger partial charge in [-0.25, -0.2) is 9.97 Å². The number of nitrogens with two attached hydrogens (primary N) is 2. The summed E-state index contributed by atoms with van der Waals surface area (Å²) in [7, 11) is 0. The molecule has 0 fully saturated rings. The molecule has 0 radical (unpaired) electrons. The predicted octanol–water partition coefficient (Wildman–Crippen LogP) is 3.00. The van der Waals surface area contributed by atoms with Gasteiger partial charge in [-0.2, -0.15) is 0 Å². The van der Waals surface area contributed by atoms with E-state index in [1.54, 1.807) is 4.57 Å². The molecule has 0 bridgehead atoms. The van der Waals surface area contributed by atoms with Crippen LogP contribution in [0.1, 0.15) is 22.4 Å². The van der Waals surface area contributed by atoms with Crippen molar-refractivity contribution in [2.45, 2.75) is 20.4 Å². The van der Waals surface area contributed by atoms with Crippen LogP contribution < -0.4 is 22.3 Å². The maximum atomic E-state index is 13.7. The van der Waals surface area contributed by atoms with Crippen LogP contribution in [-0.2, 0) is 11.3 Å². The summed E-state index contributed by atoms with van der Waals surface area (Å²) in [6, 6.07) is 15.4. The first-order valence-electron chi connectivity index (χ1n) is 10.9. The van der Waals surface area contributed by atoms with E-state index in [1.165, 1.54) is 12.4 Å². The molecule has 176 valence electrons. The summed E-state index contributed by atoms with van der Waals surface area (Å²) in [6.45, 7) is 4.09. The summed E-state index contributed by atoms with van der Waals surface area (Å²) in [5.74, 6) is -0.315. The predicted molar refractivity (Wildman–Crippen MR) is 138 cm³/mol. The number of primary amides is 1. The summed E-state index contributed by atoms with van der Waals surface area (Å²) in [5, 5.41) is 13.0. The number of hydrogen-bond donors (Lipinski definition) is 4. The van der Waals surface area contributed by atoms with E-state index < -0.39 is 5.91 Å². The summed E-state index contributed by atoms with van der Waals surface area (Å²) >= 11 is 0. The minimum Gasteiger partial charge on any atom is -0.383 e.